The highest BCUT2D eigenvalue weighted by molar-refractivity contribution is 6.17. The van der Waals surface area contributed by atoms with Gasteiger partial charge in [-0.2, -0.15) is 5.10 Å². The van der Waals surface area contributed by atoms with Crippen molar-refractivity contribution in [1.29, 1.82) is 0 Å². The molecule has 0 atom stereocenters. The highest BCUT2D eigenvalue weighted by Gasteiger charge is 2.14. The number of aryl methyl sites for hydroxylation is 1. The van der Waals surface area contributed by atoms with Crippen LogP contribution in [0.15, 0.2) is 36.4 Å². The quantitative estimate of drug-likeness (QED) is 0.626. The van der Waals surface area contributed by atoms with Crippen molar-refractivity contribution < 1.29 is 9.90 Å². The van der Waals surface area contributed by atoms with Gasteiger partial charge in [0.05, 0.1) is 5.69 Å². The molecule has 0 aliphatic heterocycles. The molecule has 0 unspecified atom stereocenters. The van der Waals surface area contributed by atoms with Crippen LogP contribution in [0.3, 0.4) is 0 Å². The van der Waals surface area contributed by atoms with Crippen LogP contribution in [-0.4, -0.2) is 26.7 Å². The van der Waals surface area contributed by atoms with Crippen molar-refractivity contribution in [2.24, 2.45) is 0 Å². The predicted octanol–water partition coefficient (Wildman–Crippen LogP) is 3.66. The number of halogens is 1. The first kappa shape index (κ1) is 14.6. The van der Waals surface area contributed by atoms with Crippen LogP contribution >= 0.6 is 11.6 Å². The lowest BCUT2D eigenvalue weighted by Gasteiger charge is -2.07. The molecular weight excluding hydrogens is 276 g/mol. The summed E-state index contributed by atoms with van der Waals surface area (Å²) in [6.07, 6.45) is 2.92. The zero-order valence-electron chi connectivity index (χ0n) is 11.1. The second-order valence-electron chi connectivity index (χ2n) is 4.56. The molecule has 2 rings (SSSR count). The molecule has 1 heterocycles. The Bertz CT molecular complexity index is 567. The van der Waals surface area contributed by atoms with E-state index in [9.17, 15) is 4.79 Å². The van der Waals surface area contributed by atoms with E-state index in [0.29, 0.717) is 12.4 Å². The van der Waals surface area contributed by atoms with Gasteiger partial charge in [0.2, 0.25) is 0 Å². The molecule has 5 heteroatoms. The van der Waals surface area contributed by atoms with E-state index in [1.165, 1.54) is 0 Å². The van der Waals surface area contributed by atoms with Gasteiger partial charge in [-0.3, -0.25) is 4.68 Å². The van der Waals surface area contributed by atoms with Gasteiger partial charge in [-0.05, 0) is 24.5 Å². The maximum absolute atomic E-state index is 11.1. The number of unbranched alkanes of at least 4 members (excludes halogenated alkanes) is 2. The van der Waals surface area contributed by atoms with Crippen LogP contribution in [0, 0.1) is 0 Å². The molecule has 4 nitrogen and oxygen atoms in total. The van der Waals surface area contributed by atoms with Gasteiger partial charge >= 0.3 is 5.97 Å². The second kappa shape index (κ2) is 7.10. The lowest BCUT2D eigenvalue weighted by atomic mass is 10.1. The molecule has 1 N–H and O–H groups in total. The Kier molecular flexibility index (Phi) is 5.18. The van der Waals surface area contributed by atoms with Gasteiger partial charge in [-0.15, -0.1) is 11.6 Å². The summed E-state index contributed by atoms with van der Waals surface area (Å²) in [4.78, 5) is 11.1. The minimum atomic E-state index is -0.998. The summed E-state index contributed by atoms with van der Waals surface area (Å²) in [5.41, 5.74) is 1.90. The van der Waals surface area contributed by atoms with E-state index >= 15 is 0 Å². The van der Waals surface area contributed by atoms with E-state index in [1.807, 2.05) is 30.3 Å². The van der Waals surface area contributed by atoms with Gasteiger partial charge in [-0.25, -0.2) is 4.79 Å². The van der Waals surface area contributed by atoms with Crippen molar-refractivity contribution in [2.75, 3.05) is 5.88 Å². The third-order valence-corrected chi connectivity index (χ3v) is 3.34. The third-order valence-electron chi connectivity index (χ3n) is 3.07. The van der Waals surface area contributed by atoms with Crippen molar-refractivity contribution in [3.63, 3.8) is 0 Å². The number of carboxylic acids is 1. The van der Waals surface area contributed by atoms with E-state index in [0.717, 1.165) is 30.5 Å². The van der Waals surface area contributed by atoms with Gasteiger partial charge < -0.3 is 5.11 Å². The van der Waals surface area contributed by atoms with Crippen molar-refractivity contribution >= 4 is 17.6 Å². The molecule has 0 amide bonds. The first-order valence-electron chi connectivity index (χ1n) is 6.65. The van der Waals surface area contributed by atoms with Gasteiger partial charge in [0.15, 0.2) is 5.69 Å². The number of benzene rings is 1. The molecule has 2 aromatic rings. The van der Waals surface area contributed by atoms with Gasteiger partial charge in [-0.1, -0.05) is 36.8 Å². The fraction of sp³-hybridized carbons (Fsp3) is 0.333. The molecule has 1 aromatic carbocycles. The number of carboxylic acid groups (broad SMARTS) is 1. The van der Waals surface area contributed by atoms with Gasteiger partial charge in [0.1, 0.15) is 0 Å². The SMILES string of the molecule is O=C(O)c1cc(-c2ccccc2)n(CCCCCCl)n1. The normalized spacial score (nSPS) is 10.7. The Labute approximate surface area is 123 Å². The molecule has 0 spiro atoms. The Morgan fingerprint density at radius 1 is 1.20 bits per heavy atom. The molecule has 0 bridgehead atoms. The minimum Gasteiger partial charge on any atom is -0.476 e. The van der Waals surface area contributed by atoms with Gasteiger partial charge in [0, 0.05) is 12.4 Å². The summed E-state index contributed by atoms with van der Waals surface area (Å²) in [5, 5.41) is 13.3. The Morgan fingerprint density at radius 2 is 1.95 bits per heavy atom. The van der Waals surface area contributed by atoms with Crippen LogP contribution < -0.4 is 0 Å². The smallest absolute Gasteiger partial charge is 0.356 e. The Balaban J connectivity index is 2.22. The van der Waals surface area contributed by atoms with Gasteiger partial charge in [0.25, 0.3) is 0 Å². The molecule has 106 valence electrons. The molecule has 0 aliphatic carbocycles. The van der Waals surface area contributed by atoms with E-state index in [2.05, 4.69) is 5.10 Å². The average Bonchev–Trinajstić information content (AvgIpc) is 2.89. The topological polar surface area (TPSA) is 55.1 Å². The maximum atomic E-state index is 11.1. The number of aromatic carboxylic acids is 1. The summed E-state index contributed by atoms with van der Waals surface area (Å²) < 4.78 is 1.77. The predicted molar refractivity (Wildman–Crippen MR) is 79.2 cm³/mol. The number of hydrogen-bond donors (Lipinski definition) is 1. The van der Waals surface area contributed by atoms with E-state index in [1.54, 1.807) is 10.7 Å². The summed E-state index contributed by atoms with van der Waals surface area (Å²) in [7, 11) is 0. The number of aromatic nitrogens is 2. The Hall–Kier alpha value is -1.81. The largest absolute Gasteiger partial charge is 0.476 e. The zero-order valence-corrected chi connectivity index (χ0v) is 11.9. The average molecular weight is 293 g/mol. The van der Waals surface area contributed by atoms with Crippen molar-refractivity contribution in [3.05, 3.63) is 42.1 Å². The Morgan fingerprint density at radius 3 is 2.60 bits per heavy atom. The molecule has 0 aliphatic rings. The van der Waals surface area contributed by atoms with Crippen LogP contribution in [0.2, 0.25) is 0 Å². The molecule has 0 saturated carbocycles. The number of rotatable bonds is 7. The third kappa shape index (κ3) is 3.61. The van der Waals surface area contributed by atoms with Crippen LogP contribution in [0.1, 0.15) is 29.8 Å². The summed E-state index contributed by atoms with van der Waals surface area (Å²) in [6, 6.07) is 11.3. The minimum absolute atomic E-state index is 0.0844. The monoisotopic (exact) mass is 292 g/mol. The van der Waals surface area contributed by atoms with Crippen LogP contribution in [0.5, 0.6) is 0 Å². The number of alkyl halides is 1. The molecule has 0 fully saturated rings. The maximum Gasteiger partial charge on any atom is 0.356 e. The summed E-state index contributed by atoms with van der Waals surface area (Å²) >= 11 is 5.66. The molecule has 0 radical (unpaired) electrons. The van der Waals surface area contributed by atoms with Crippen LogP contribution in [0.4, 0.5) is 0 Å². The lowest BCUT2D eigenvalue weighted by Crippen LogP contribution is -2.05. The second-order valence-corrected chi connectivity index (χ2v) is 4.94. The highest BCUT2D eigenvalue weighted by atomic mass is 35.5. The standard InChI is InChI=1S/C15H17ClN2O2/c16-9-5-2-6-10-18-14(11-13(17-18)15(19)20)12-7-3-1-4-8-12/h1,3-4,7-8,11H,2,5-6,9-10H2,(H,19,20). The first-order chi connectivity index (χ1) is 9.72. The number of hydrogen-bond acceptors (Lipinski definition) is 2. The molecule has 0 saturated heterocycles. The van der Waals surface area contributed by atoms with Crippen LogP contribution in [0.25, 0.3) is 11.3 Å². The van der Waals surface area contributed by atoms with Crippen molar-refractivity contribution in [3.8, 4) is 11.3 Å². The van der Waals surface area contributed by atoms with E-state index in [-0.39, 0.29) is 5.69 Å². The number of nitrogens with zero attached hydrogens (tertiary/aromatic N) is 2. The number of carbonyl (C=O) groups is 1. The summed E-state index contributed by atoms with van der Waals surface area (Å²) in [6.45, 7) is 0.703. The van der Waals surface area contributed by atoms with E-state index < -0.39 is 5.97 Å². The molecule has 20 heavy (non-hydrogen) atoms. The van der Waals surface area contributed by atoms with E-state index in [4.69, 9.17) is 16.7 Å². The fourth-order valence-electron chi connectivity index (χ4n) is 2.07. The van der Waals surface area contributed by atoms with Crippen LogP contribution in [-0.2, 0) is 6.54 Å². The fourth-order valence-corrected chi connectivity index (χ4v) is 2.25. The highest BCUT2D eigenvalue weighted by Crippen LogP contribution is 2.21. The summed E-state index contributed by atoms with van der Waals surface area (Å²) in [5.74, 6) is -0.341. The first-order valence-corrected chi connectivity index (χ1v) is 7.18. The lowest BCUT2D eigenvalue weighted by molar-refractivity contribution is 0.0689. The molecular formula is C15H17ClN2O2. The van der Waals surface area contributed by atoms with Crippen molar-refractivity contribution in [1.82, 2.24) is 9.78 Å². The van der Waals surface area contributed by atoms with Crippen molar-refractivity contribution in [2.45, 2.75) is 25.8 Å². The molecule has 1 aromatic heterocycles. The zero-order chi connectivity index (χ0) is 14.4.